The van der Waals surface area contributed by atoms with E-state index in [1.807, 2.05) is 13.0 Å². The van der Waals surface area contributed by atoms with E-state index in [9.17, 15) is 0 Å². The van der Waals surface area contributed by atoms with Crippen LogP contribution in [-0.4, -0.2) is 4.98 Å². The van der Waals surface area contributed by atoms with Crippen LogP contribution < -0.4 is 0 Å². The molecule has 18 heavy (non-hydrogen) atoms. The van der Waals surface area contributed by atoms with E-state index in [1.54, 1.807) is 0 Å². The predicted octanol–water partition coefficient (Wildman–Crippen LogP) is 5.38. The molecule has 0 saturated heterocycles. The molecule has 1 aromatic carbocycles. The van der Waals surface area contributed by atoms with E-state index in [1.165, 1.54) is 6.42 Å². The molecule has 0 bridgehead atoms. The molecule has 1 nitrogen and oxygen atoms in total. The van der Waals surface area contributed by atoms with Gasteiger partial charge in [0, 0.05) is 11.1 Å². The summed E-state index contributed by atoms with van der Waals surface area (Å²) in [6.45, 7) is 1.93. The van der Waals surface area contributed by atoms with Crippen molar-refractivity contribution in [2.45, 2.75) is 32.6 Å². The lowest BCUT2D eigenvalue weighted by Gasteiger charge is -2.19. The van der Waals surface area contributed by atoms with Crippen molar-refractivity contribution in [2.24, 2.45) is 0 Å². The van der Waals surface area contributed by atoms with Crippen molar-refractivity contribution in [1.82, 2.24) is 4.98 Å². The zero-order chi connectivity index (χ0) is 12.9. The van der Waals surface area contributed by atoms with Gasteiger partial charge < -0.3 is 0 Å². The van der Waals surface area contributed by atoms with Crippen LogP contribution in [0.25, 0.3) is 10.9 Å². The Morgan fingerprint density at radius 1 is 1.06 bits per heavy atom. The minimum atomic E-state index is 0.627. The fraction of sp³-hybridized carbons (Fsp3) is 0.357. The highest BCUT2D eigenvalue weighted by Crippen LogP contribution is 2.40. The van der Waals surface area contributed by atoms with Crippen molar-refractivity contribution in [3.63, 3.8) is 0 Å². The first-order valence-electron chi connectivity index (χ1n) is 6.05. The van der Waals surface area contributed by atoms with Crippen LogP contribution in [0.3, 0.4) is 0 Å². The van der Waals surface area contributed by atoms with E-state index in [2.05, 4.69) is 4.98 Å². The standard InChI is InChI=1S/C14H12Cl3N/c1-7-6-9(15)14-11(12(7)16)13(17)8-4-2-3-5-10(8)18-14/h6H,2-5H2,1H3. The minimum Gasteiger partial charge on any atom is -0.251 e. The first-order valence-corrected chi connectivity index (χ1v) is 7.18. The van der Waals surface area contributed by atoms with Crippen molar-refractivity contribution in [2.75, 3.05) is 0 Å². The first-order chi connectivity index (χ1) is 8.59. The van der Waals surface area contributed by atoms with Crippen LogP contribution in [-0.2, 0) is 12.8 Å². The smallest absolute Gasteiger partial charge is 0.0921 e. The van der Waals surface area contributed by atoms with E-state index in [-0.39, 0.29) is 0 Å². The zero-order valence-corrected chi connectivity index (χ0v) is 12.3. The zero-order valence-electron chi connectivity index (χ0n) is 9.99. The second kappa shape index (κ2) is 4.56. The maximum atomic E-state index is 6.53. The van der Waals surface area contributed by atoms with Gasteiger partial charge in [0.2, 0.25) is 0 Å². The van der Waals surface area contributed by atoms with Crippen molar-refractivity contribution >= 4 is 45.7 Å². The fourth-order valence-electron chi connectivity index (χ4n) is 2.59. The normalized spacial score (nSPS) is 14.9. The Balaban J connectivity index is 2.46. The van der Waals surface area contributed by atoms with Gasteiger partial charge in [-0.15, -0.1) is 0 Å². The lowest BCUT2D eigenvalue weighted by molar-refractivity contribution is 0.671. The molecule has 1 heterocycles. The molecular weight excluding hydrogens is 289 g/mol. The molecule has 1 aliphatic rings. The van der Waals surface area contributed by atoms with E-state index in [0.717, 1.165) is 52.0 Å². The molecule has 1 aromatic heterocycles. The van der Waals surface area contributed by atoms with E-state index < -0.39 is 0 Å². The summed E-state index contributed by atoms with van der Waals surface area (Å²) in [5, 5.41) is 2.84. The minimum absolute atomic E-state index is 0.627. The number of halogens is 3. The Morgan fingerprint density at radius 2 is 1.78 bits per heavy atom. The molecule has 0 spiro atoms. The average Bonchev–Trinajstić information content (AvgIpc) is 2.36. The molecule has 0 fully saturated rings. The molecular formula is C14H12Cl3N. The molecule has 3 rings (SSSR count). The summed E-state index contributed by atoms with van der Waals surface area (Å²) in [5.74, 6) is 0. The number of hydrogen-bond acceptors (Lipinski definition) is 1. The van der Waals surface area contributed by atoms with Crippen LogP contribution in [0.1, 0.15) is 29.7 Å². The number of pyridine rings is 1. The lowest BCUT2D eigenvalue weighted by atomic mass is 9.94. The Bertz CT molecular complexity index is 650. The number of rotatable bonds is 0. The Kier molecular flexibility index (Phi) is 3.17. The second-order valence-electron chi connectivity index (χ2n) is 4.77. The van der Waals surface area contributed by atoms with Gasteiger partial charge in [-0.2, -0.15) is 0 Å². The number of fused-ring (bicyclic) bond motifs is 2. The van der Waals surface area contributed by atoms with E-state index >= 15 is 0 Å². The van der Waals surface area contributed by atoms with Crippen LogP contribution in [0.15, 0.2) is 6.07 Å². The molecule has 4 heteroatoms. The van der Waals surface area contributed by atoms with Gasteiger partial charge in [0.05, 0.1) is 20.6 Å². The molecule has 0 atom stereocenters. The largest absolute Gasteiger partial charge is 0.251 e. The van der Waals surface area contributed by atoms with Crippen LogP contribution >= 0.6 is 34.8 Å². The van der Waals surface area contributed by atoms with E-state index in [4.69, 9.17) is 34.8 Å². The van der Waals surface area contributed by atoms with Gasteiger partial charge in [0.25, 0.3) is 0 Å². The number of nitrogens with zero attached hydrogens (tertiary/aromatic N) is 1. The topological polar surface area (TPSA) is 12.9 Å². The summed E-state index contributed by atoms with van der Waals surface area (Å²) in [6, 6.07) is 1.85. The summed E-state index contributed by atoms with van der Waals surface area (Å²) >= 11 is 19.2. The Morgan fingerprint density at radius 3 is 2.56 bits per heavy atom. The third-order valence-corrected chi connectivity index (χ3v) is 4.73. The molecule has 0 aliphatic heterocycles. The Labute approximate surface area is 121 Å². The monoisotopic (exact) mass is 299 g/mol. The maximum absolute atomic E-state index is 6.53. The summed E-state index contributed by atoms with van der Waals surface area (Å²) in [5.41, 5.74) is 3.91. The highest BCUT2D eigenvalue weighted by atomic mass is 35.5. The molecule has 1 aliphatic carbocycles. The average molecular weight is 301 g/mol. The molecule has 0 radical (unpaired) electrons. The summed E-state index contributed by atoms with van der Waals surface area (Å²) in [6.07, 6.45) is 4.29. The number of benzene rings is 1. The van der Waals surface area contributed by atoms with Crippen LogP contribution in [0.2, 0.25) is 15.1 Å². The molecule has 2 aromatic rings. The third-order valence-electron chi connectivity index (χ3n) is 3.54. The van der Waals surface area contributed by atoms with Crippen molar-refractivity contribution < 1.29 is 0 Å². The highest BCUT2D eigenvalue weighted by Gasteiger charge is 2.20. The highest BCUT2D eigenvalue weighted by molar-refractivity contribution is 6.45. The molecule has 0 unspecified atom stereocenters. The van der Waals surface area contributed by atoms with Gasteiger partial charge in [-0.1, -0.05) is 34.8 Å². The summed E-state index contributed by atoms with van der Waals surface area (Å²) in [4.78, 5) is 4.68. The number of hydrogen-bond donors (Lipinski definition) is 0. The van der Waals surface area contributed by atoms with Crippen LogP contribution in [0.5, 0.6) is 0 Å². The third kappa shape index (κ3) is 1.80. The maximum Gasteiger partial charge on any atom is 0.0921 e. The molecule has 0 N–H and O–H groups in total. The van der Waals surface area contributed by atoms with Crippen LogP contribution in [0.4, 0.5) is 0 Å². The Hall–Kier alpha value is -0.500. The molecule has 0 saturated carbocycles. The lowest BCUT2D eigenvalue weighted by Crippen LogP contribution is -2.07. The first kappa shape index (κ1) is 12.5. The number of aromatic nitrogens is 1. The van der Waals surface area contributed by atoms with Crippen molar-refractivity contribution in [3.05, 3.63) is 38.0 Å². The van der Waals surface area contributed by atoms with Crippen molar-refractivity contribution in [3.8, 4) is 0 Å². The molecule has 94 valence electrons. The van der Waals surface area contributed by atoms with Gasteiger partial charge in [0.15, 0.2) is 0 Å². The van der Waals surface area contributed by atoms with Gasteiger partial charge in [-0.3, -0.25) is 4.98 Å². The second-order valence-corrected chi connectivity index (χ2v) is 5.93. The predicted molar refractivity (Wildman–Crippen MR) is 78.2 cm³/mol. The quantitative estimate of drug-likeness (QED) is 0.636. The summed E-state index contributed by atoms with van der Waals surface area (Å²) < 4.78 is 0. The number of aryl methyl sites for hydroxylation is 2. The van der Waals surface area contributed by atoms with Gasteiger partial charge in [-0.05, 0) is 49.8 Å². The van der Waals surface area contributed by atoms with Gasteiger partial charge >= 0.3 is 0 Å². The SMILES string of the molecule is Cc1cc(Cl)c2nc3c(c(Cl)c2c1Cl)CCCC3. The van der Waals surface area contributed by atoms with E-state index in [0.29, 0.717) is 10.0 Å². The van der Waals surface area contributed by atoms with Gasteiger partial charge in [0.1, 0.15) is 0 Å². The van der Waals surface area contributed by atoms with Crippen LogP contribution in [0, 0.1) is 6.92 Å². The molecule has 0 amide bonds. The fourth-order valence-corrected chi connectivity index (χ4v) is 3.56. The van der Waals surface area contributed by atoms with Gasteiger partial charge in [-0.25, -0.2) is 0 Å². The van der Waals surface area contributed by atoms with Crippen molar-refractivity contribution in [1.29, 1.82) is 0 Å². The summed E-state index contributed by atoms with van der Waals surface area (Å²) in [7, 11) is 0.